The topological polar surface area (TPSA) is 49.4 Å². The summed E-state index contributed by atoms with van der Waals surface area (Å²) in [6.45, 7) is 1.06. The summed E-state index contributed by atoms with van der Waals surface area (Å²) in [7, 11) is -2.98. The number of anilines is 2. The molecule has 4 nitrogen and oxygen atoms in total. The van der Waals surface area contributed by atoms with Crippen LogP contribution >= 0.6 is 11.6 Å². The lowest BCUT2D eigenvalue weighted by molar-refractivity contribution is 0.549. The van der Waals surface area contributed by atoms with Crippen LogP contribution in [0.3, 0.4) is 0 Å². The SMILES string of the molecule is O=S1(=O)CCN2c3cc(F)c(Cl)cc3NCCC2C1. The third-order valence-electron chi connectivity index (χ3n) is 3.67. The number of benzene rings is 1. The van der Waals surface area contributed by atoms with Gasteiger partial charge in [-0.15, -0.1) is 0 Å². The van der Waals surface area contributed by atoms with Gasteiger partial charge in [0.1, 0.15) is 5.82 Å². The maximum atomic E-state index is 13.6. The van der Waals surface area contributed by atoms with Crippen LogP contribution < -0.4 is 10.2 Å². The molecule has 1 atom stereocenters. The number of rotatable bonds is 0. The monoisotopic (exact) mass is 304 g/mol. The van der Waals surface area contributed by atoms with E-state index in [-0.39, 0.29) is 22.6 Å². The Bertz CT molecular complexity index is 620. The van der Waals surface area contributed by atoms with Crippen LogP contribution in [0.5, 0.6) is 0 Å². The summed E-state index contributed by atoms with van der Waals surface area (Å²) in [6.07, 6.45) is 0.715. The van der Waals surface area contributed by atoms with Crippen molar-refractivity contribution in [2.45, 2.75) is 12.5 Å². The number of fused-ring (bicyclic) bond motifs is 3. The van der Waals surface area contributed by atoms with E-state index in [1.807, 2.05) is 4.90 Å². The molecular weight excluding hydrogens is 291 g/mol. The van der Waals surface area contributed by atoms with Gasteiger partial charge in [0.15, 0.2) is 9.84 Å². The van der Waals surface area contributed by atoms with Crippen LogP contribution in [0.2, 0.25) is 5.02 Å². The maximum Gasteiger partial charge on any atom is 0.154 e. The molecule has 1 aromatic rings. The predicted molar refractivity (Wildman–Crippen MR) is 74.3 cm³/mol. The Morgan fingerprint density at radius 1 is 1.42 bits per heavy atom. The molecule has 3 rings (SSSR count). The van der Waals surface area contributed by atoms with Crippen molar-refractivity contribution in [2.75, 3.05) is 34.8 Å². The highest BCUT2D eigenvalue weighted by atomic mass is 35.5. The van der Waals surface area contributed by atoms with E-state index in [0.717, 1.165) is 5.69 Å². The van der Waals surface area contributed by atoms with Crippen LogP contribution in [0, 0.1) is 5.82 Å². The van der Waals surface area contributed by atoms with E-state index >= 15 is 0 Å². The van der Waals surface area contributed by atoms with E-state index in [4.69, 9.17) is 11.6 Å². The van der Waals surface area contributed by atoms with Gasteiger partial charge in [0.25, 0.3) is 0 Å². The first-order valence-electron chi connectivity index (χ1n) is 6.16. The summed E-state index contributed by atoms with van der Waals surface area (Å²) in [5, 5.41) is 3.27. The summed E-state index contributed by atoms with van der Waals surface area (Å²) in [5.74, 6) is -0.220. The van der Waals surface area contributed by atoms with Crippen LogP contribution in [0.15, 0.2) is 12.1 Å². The van der Waals surface area contributed by atoms with Gasteiger partial charge in [-0.1, -0.05) is 11.6 Å². The first-order chi connectivity index (χ1) is 8.96. The van der Waals surface area contributed by atoms with Crippen molar-refractivity contribution >= 4 is 32.8 Å². The Hall–Kier alpha value is -1.01. The zero-order valence-electron chi connectivity index (χ0n) is 10.2. The highest BCUT2D eigenvalue weighted by molar-refractivity contribution is 7.91. The summed E-state index contributed by atoms with van der Waals surface area (Å²) in [5.41, 5.74) is 1.48. The second kappa shape index (κ2) is 4.52. The molecule has 0 saturated carbocycles. The Balaban J connectivity index is 2.04. The molecule has 1 N–H and O–H groups in total. The number of nitrogens with zero attached hydrogens (tertiary/aromatic N) is 1. The fourth-order valence-electron chi connectivity index (χ4n) is 2.73. The van der Waals surface area contributed by atoms with Gasteiger partial charge in [-0.3, -0.25) is 0 Å². The number of hydrogen-bond acceptors (Lipinski definition) is 4. The van der Waals surface area contributed by atoms with E-state index < -0.39 is 15.7 Å². The lowest BCUT2D eigenvalue weighted by atomic mass is 10.1. The third-order valence-corrected chi connectivity index (χ3v) is 5.66. The van der Waals surface area contributed by atoms with E-state index in [0.29, 0.717) is 25.2 Å². The van der Waals surface area contributed by atoms with Crippen LogP contribution in [0.1, 0.15) is 6.42 Å². The van der Waals surface area contributed by atoms with E-state index in [9.17, 15) is 12.8 Å². The zero-order valence-corrected chi connectivity index (χ0v) is 11.8. The lowest BCUT2D eigenvalue weighted by Gasteiger charge is -2.36. The Kier molecular flexibility index (Phi) is 3.09. The number of halogens is 2. The first kappa shape index (κ1) is 13.0. The highest BCUT2D eigenvalue weighted by Crippen LogP contribution is 2.36. The van der Waals surface area contributed by atoms with Gasteiger partial charge in [-0.05, 0) is 12.5 Å². The van der Waals surface area contributed by atoms with Gasteiger partial charge >= 0.3 is 0 Å². The van der Waals surface area contributed by atoms with E-state index in [2.05, 4.69) is 5.32 Å². The fraction of sp³-hybridized carbons (Fsp3) is 0.500. The normalized spacial score (nSPS) is 24.9. The Morgan fingerprint density at radius 2 is 2.21 bits per heavy atom. The molecule has 2 heterocycles. The van der Waals surface area contributed by atoms with Crippen molar-refractivity contribution in [1.29, 1.82) is 0 Å². The zero-order chi connectivity index (χ0) is 13.6. The van der Waals surface area contributed by atoms with Crippen LogP contribution in [-0.2, 0) is 9.84 Å². The van der Waals surface area contributed by atoms with E-state index in [1.165, 1.54) is 6.07 Å². The third kappa shape index (κ3) is 2.39. The van der Waals surface area contributed by atoms with Crippen molar-refractivity contribution in [3.05, 3.63) is 23.0 Å². The summed E-state index contributed by atoms with van der Waals surface area (Å²) < 4.78 is 37.1. The van der Waals surface area contributed by atoms with Gasteiger partial charge < -0.3 is 10.2 Å². The Morgan fingerprint density at radius 3 is 3.00 bits per heavy atom. The summed E-state index contributed by atoms with van der Waals surface area (Å²) in [6, 6.07) is 2.87. The van der Waals surface area contributed by atoms with Crippen molar-refractivity contribution in [3.8, 4) is 0 Å². The van der Waals surface area contributed by atoms with Crippen molar-refractivity contribution in [2.24, 2.45) is 0 Å². The second-order valence-electron chi connectivity index (χ2n) is 4.96. The average molecular weight is 305 g/mol. The molecule has 0 amide bonds. The van der Waals surface area contributed by atoms with Gasteiger partial charge in [0.2, 0.25) is 0 Å². The van der Waals surface area contributed by atoms with Crippen molar-refractivity contribution in [1.82, 2.24) is 0 Å². The van der Waals surface area contributed by atoms with E-state index in [1.54, 1.807) is 6.07 Å². The molecule has 1 aromatic carbocycles. The minimum atomic E-state index is -2.98. The standard InChI is InChI=1S/C12H14ClFN2O2S/c13-9-5-11-12(6-10(9)14)16-3-4-19(17,18)7-8(16)1-2-15-11/h5-6,8,15H,1-4,7H2. The molecule has 2 aliphatic rings. The first-order valence-corrected chi connectivity index (χ1v) is 8.36. The molecule has 1 saturated heterocycles. The number of hydrogen-bond donors (Lipinski definition) is 1. The summed E-state index contributed by atoms with van der Waals surface area (Å²) >= 11 is 5.79. The predicted octanol–water partition coefficient (Wildman–Crippen LogP) is 1.90. The van der Waals surface area contributed by atoms with Crippen molar-refractivity contribution < 1.29 is 12.8 Å². The van der Waals surface area contributed by atoms with Crippen molar-refractivity contribution in [3.63, 3.8) is 0 Å². The molecule has 2 aliphatic heterocycles. The molecule has 1 unspecified atom stereocenters. The smallest absolute Gasteiger partial charge is 0.154 e. The van der Waals surface area contributed by atoms with Crippen LogP contribution in [-0.4, -0.2) is 39.1 Å². The second-order valence-corrected chi connectivity index (χ2v) is 7.60. The number of sulfone groups is 1. The van der Waals surface area contributed by atoms with Gasteiger partial charge in [-0.2, -0.15) is 0 Å². The van der Waals surface area contributed by atoms with Crippen LogP contribution in [0.4, 0.5) is 15.8 Å². The quantitative estimate of drug-likeness (QED) is 0.795. The minimum absolute atomic E-state index is 0.0781. The molecule has 104 valence electrons. The largest absolute Gasteiger partial charge is 0.383 e. The van der Waals surface area contributed by atoms with Gasteiger partial charge in [-0.25, -0.2) is 12.8 Å². The molecule has 0 aromatic heterocycles. The summed E-state index contributed by atoms with van der Waals surface area (Å²) in [4.78, 5) is 1.98. The van der Waals surface area contributed by atoms with Gasteiger partial charge in [0.05, 0.1) is 27.9 Å². The maximum absolute atomic E-state index is 13.6. The molecule has 0 aliphatic carbocycles. The lowest BCUT2D eigenvalue weighted by Crippen LogP contribution is -2.48. The average Bonchev–Trinajstić information content (AvgIpc) is 2.48. The minimum Gasteiger partial charge on any atom is -0.383 e. The highest BCUT2D eigenvalue weighted by Gasteiger charge is 2.34. The fourth-order valence-corrected chi connectivity index (χ4v) is 4.47. The molecular formula is C12H14ClFN2O2S. The Labute approximate surface area is 116 Å². The van der Waals surface area contributed by atoms with Gasteiger partial charge in [0, 0.05) is 25.2 Å². The number of nitrogens with one attached hydrogen (secondary N) is 1. The molecule has 0 radical (unpaired) electrons. The van der Waals surface area contributed by atoms with Crippen LogP contribution in [0.25, 0.3) is 0 Å². The molecule has 19 heavy (non-hydrogen) atoms. The molecule has 0 spiro atoms. The molecule has 0 bridgehead atoms. The molecule has 7 heteroatoms. The molecule has 1 fully saturated rings.